The molecule has 4 heteroatoms. The summed E-state index contributed by atoms with van der Waals surface area (Å²) < 4.78 is 0. The number of rotatable bonds is 3. The van der Waals surface area contributed by atoms with Crippen molar-refractivity contribution in [2.24, 2.45) is 0 Å². The third-order valence-electron chi connectivity index (χ3n) is 3.22. The Morgan fingerprint density at radius 2 is 2.11 bits per heavy atom. The lowest BCUT2D eigenvalue weighted by molar-refractivity contribution is 0.925. The van der Waals surface area contributed by atoms with Gasteiger partial charge in [-0.3, -0.25) is 0 Å². The maximum absolute atomic E-state index is 5.81. The molecule has 0 aliphatic rings. The highest BCUT2D eigenvalue weighted by Crippen LogP contribution is 2.19. The summed E-state index contributed by atoms with van der Waals surface area (Å²) in [4.78, 5) is 9.53. The van der Waals surface area contributed by atoms with E-state index < -0.39 is 0 Å². The van der Waals surface area contributed by atoms with Gasteiger partial charge >= 0.3 is 0 Å². The van der Waals surface area contributed by atoms with Crippen LogP contribution in [0.25, 0.3) is 11.0 Å². The predicted molar refractivity (Wildman–Crippen MR) is 79.1 cm³/mol. The van der Waals surface area contributed by atoms with Crippen molar-refractivity contribution in [3.63, 3.8) is 0 Å². The van der Waals surface area contributed by atoms with Gasteiger partial charge in [-0.25, -0.2) is 4.98 Å². The number of hydrogen-bond acceptors (Lipinski definition) is 3. The van der Waals surface area contributed by atoms with Crippen molar-refractivity contribution >= 4 is 22.4 Å². The number of nitrogens with two attached hydrogens (primary N) is 1. The second kappa shape index (κ2) is 4.65. The Morgan fingerprint density at radius 3 is 2.95 bits per heavy atom. The maximum Gasteiger partial charge on any atom is 0.0931 e. The smallest absolute Gasteiger partial charge is 0.0931 e. The summed E-state index contributed by atoms with van der Waals surface area (Å²) in [7, 11) is 2.06. The zero-order chi connectivity index (χ0) is 13.2. The maximum atomic E-state index is 5.81. The van der Waals surface area contributed by atoms with E-state index in [0.717, 1.165) is 29.0 Å². The first-order valence-electron chi connectivity index (χ1n) is 6.21. The van der Waals surface area contributed by atoms with Crippen molar-refractivity contribution in [3.8, 4) is 0 Å². The molecule has 0 unspecified atom stereocenters. The largest absolute Gasteiger partial charge is 0.399 e. The van der Waals surface area contributed by atoms with Crippen LogP contribution in [0.4, 0.5) is 11.4 Å². The normalized spacial score (nSPS) is 10.8. The van der Waals surface area contributed by atoms with Crippen LogP contribution in [0.1, 0.15) is 5.56 Å². The Kier molecular flexibility index (Phi) is 2.83. The van der Waals surface area contributed by atoms with E-state index in [1.165, 1.54) is 5.56 Å². The van der Waals surface area contributed by atoms with E-state index >= 15 is 0 Å². The molecule has 2 aromatic carbocycles. The fourth-order valence-electron chi connectivity index (χ4n) is 2.21. The van der Waals surface area contributed by atoms with Crippen molar-refractivity contribution in [3.05, 3.63) is 54.4 Å². The SMILES string of the molecule is CN(Cc1ccc2nc[nH]c2c1)c1cccc(N)c1. The summed E-state index contributed by atoms with van der Waals surface area (Å²) >= 11 is 0. The van der Waals surface area contributed by atoms with Crippen LogP contribution in [0.3, 0.4) is 0 Å². The van der Waals surface area contributed by atoms with Crippen LogP contribution < -0.4 is 10.6 Å². The van der Waals surface area contributed by atoms with Crippen LogP contribution in [-0.2, 0) is 6.54 Å². The Bertz CT molecular complexity index is 702. The lowest BCUT2D eigenvalue weighted by Gasteiger charge is -2.19. The Hall–Kier alpha value is -2.49. The second-order valence-electron chi connectivity index (χ2n) is 4.71. The third-order valence-corrected chi connectivity index (χ3v) is 3.22. The fraction of sp³-hybridized carbons (Fsp3) is 0.133. The Morgan fingerprint density at radius 1 is 1.21 bits per heavy atom. The topological polar surface area (TPSA) is 57.9 Å². The molecule has 0 spiro atoms. The number of nitrogens with zero attached hydrogens (tertiary/aromatic N) is 2. The number of benzene rings is 2. The van der Waals surface area contributed by atoms with E-state index in [-0.39, 0.29) is 0 Å². The van der Waals surface area contributed by atoms with Crippen molar-refractivity contribution in [2.45, 2.75) is 6.54 Å². The Balaban J connectivity index is 1.83. The van der Waals surface area contributed by atoms with E-state index in [2.05, 4.69) is 40.1 Å². The number of hydrogen-bond donors (Lipinski definition) is 2. The van der Waals surface area contributed by atoms with Gasteiger partial charge in [0.25, 0.3) is 0 Å². The second-order valence-corrected chi connectivity index (χ2v) is 4.71. The highest BCUT2D eigenvalue weighted by Gasteiger charge is 2.04. The number of imidazole rings is 1. The summed E-state index contributed by atoms with van der Waals surface area (Å²) in [5, 5.41) is 0. The van der Waals surface area contributed by atoms with E-state index in [1.54, 1.807) is 6.33 Å². The molecule has 0 radical (unpaired) electrons. The van der Waals surface area contributed by atoms with Gasteiger partial charge in [0.1, 0.15) is 0 Å². The van der Waals surface area contributed by atoms with E-state index in [9.17, 15) is 0 Å². The van der Waals surface area contributed by atoms with Gasteiger partial charge in [0.2, 0.25) is 0 Å². The number of aromatic amines is 1. The molecule has 3 aromatic rings. The highest BCUT2D eigenvalue weighted by atomic mass is 15.1. The number of aromatic nitrogens is 2. The molecule has 0 aliphatic carbocycles. The van der Waals surface area contributed by atoms with E-state index in [4.69, 9.17) is 5.73 Å². The molecule has 0 saturated heterocycles. The number of anilines is 2. The van der Waals surface area contributed by atoms with Crippen LogP contribution >= 0.6 is 0 Å². The van der Waals surface area contributed by atoms with Crippen molar-refractivity contribution < 1.29 is 0 Å². The summed E-state index contributed by atoms with van der Waals surface area (Å²) in [5.41, 5.74) is 11.0. The summed E-state index contributed by atoms with van der Waals surface area (Å²) in [5.74, 6) is 0. The molecule has 19 heavy (non-hydrogen) atoms. The van der Waals surface area contributed by atoms with Crippen molar-refractivity contribution in [1.29, 1.82) is 0 Å². The lowest BCUT2D eigenvalue weighted by atomic mass is 10.1. The molecule has 0 atom stereocenters. The molecule has 4 nitrogen and oxygen atoms in total. The van der Waals surface area contributed by atoms with Gasteiger partial charge in [-0.15, -0.1) is 0 Å². The molecule has 0 aliphatic heterocycles. The third kappa shape index (κ3) is 2.38. The van der Waals surface area contributed by atoms with Crippen LogP contribution in [0.2, 0.25) is 0 Å². The predicted octanol–water partition coefficient (Wildman–Crippen LogP) is 2.78. The molecule has 96 valence electrons. The molecular weight excluding hydrogens is 236 g/mol. The minimum Gasteiger partial charge on any atom is -0.399 e. The molecule has 3 N–H and O–H groups in total. The monoisotopic (exact) mass is 252 g/mol. The van der Waals surface area contributed by atoms with Crippen LogP contribution in [-0.4, -0.2) is 17.0 Å². The molecule has 1 heterocycles. The van der Waals surface area contributed by atoms with Crippen LogP contribution in [0, 0.1) is 0 Å². The van der Waals surface area contributed by atoms with Crippen molar-refractivity contribution in [2.75, 3.05) is 17.7 Å². The van der Waals surface area contributed by atoms with E-state index in [0.29, 0.717) is 0 Å². The van der Waals surface area contributed by atoms with Crippen LogP contribution in [0.15, 0.2) is 48.8 Å². The van der Waals surface area contributed by atoms with Gasteiger partial charge in [-0.1, -0.05) is 12.1 Å². The molecule has 0 bridgehead atoms. The zero-order valence-corrected chi connectivity index (χ0v) is 10.8. The molecule has 3 rings (SSSR count). The zero-order valence-electron chi connectivity index (χ0n) is 10.8. The average molecular weight is 252 g/mol. The van der Waals surface area contributed by atoms with Crippen molar-refractivity contribution in [1.82, 2.24) is 9.97 Å². The highest BCUT2D eigenvalue weighted by molar-refractivity contribution is 5.75. The first-order chi connectivity index (χ1) is 9.22. The van der Waals surface area contributed by atoms with Gasteiger partial charge < -0.3 is 15.6 Å². The molecule has 0 fully saturated rings. The van der Waals surface area contributed by atoms with E-state index in [1.807, 2.05) is 24.3 Å². The minimum absolute atomic E-state index is 0.786. The molecular formula is C15H16N4. The molecule has 1 aromatic heterocycles. The number of fused-ring (bicyclic) bond motifs is 1. The van der Waals surface area contributed by atoms with Gasteiger partial charge in [0, 0.05) is 25.0 Å². The fourth-order valence-corrected chi connectivity index (χ4v) is 2.21. The minimum atomic E-state index is 0.786. The summed E-state index contributed by atoms with van der Waals surface area (Å²) in [6, 6.07) is 14.2. The average Bonchev–Trinajstić information content (AvgIpc) is 2.86. The first kappa shape index (κ1) is 11.6. The number of nitrogens with one attached hydrogen (secondary N) is 1. The lowest BCUT2D eigenvalue weighted by Crippen LogP contribution is -2.16. The number of H-pyrrole nitrogens is 1. The quantitative estimate of drug-likeness (QED) is 0.705. The van der Waals surface area contributed by atoms with Gasteiger partial charge in [0.15, 0.2) is 0 Å². The summed E-state index contributed by atoms with van der Waals surface area (Å²) in [6.07, 6.45) is 1.72. The van der Waals surface area contributed by atoms with Gasteiger partial charge in [0.05, 0.1) is 17.4 Å². The standard InChI is InChI=1S/C15H16N4/c1-19(13-4-2-3-12(16)8-13)9-11-5-6-14-15(7-11)18-10-17-14/h2-8,10H,9,16H2,1H3,(H,17,18). The Labute approximate surface area is 111 Å². The first-order valence-corrected chi connectivity index (χ1v) is 6.21. The van der Waals surface area contributed by atoms with Crippen LogP contribution in [0.5, 0.6) is 0 Å². The number of nitrogen functional groups attached to an aromatic ring is 1. The molecule has 0 amide bonds. The van der Waals surface area contributed by atoms with Gasteiger partial charge in [-0.2, -0.15) is 0 Å². The molecule has 0 saturated carbocycles. The van der Waals surface area contributed by atoms with Gasteiger partial charge in [-0.05, 0) is 35.9 Å². The summed E-state index contributed by atoms with van der Waals surface area (Å²) in [6.45, 7) is 0.832.